The van der Waals surface area contributed by atoms with Crippen LogP contribution in [0.4, 0.5) is 5.69 Å². The van der Waals surface area contributed by atoms with Crippen LogP contribution in [0.1, 0.15) is 6.42 Å². The molecule has 2 amide bonds. The van der Waals surface area contributed by atoms with E-state index >= 15 is 0 Å². The molecule has 0 saturated carbocycles. The predicted octanol–water partition coefficient (Wildman–Crippen LogP) is 2.01. The highest BCUT2D eigenvalue weighted by atomic mass is 16.5. The first-order valence-electron chi connectivity index (χ1n) is 9.12. The monoisotopic (exact) mass is 400 g/mol. The molecule has 0 bridgehead atoms. The molecule has 8 heteroatoms. The van der Waals surface area contributed by atoms with Gasteiger partial charge in [-0.15, -0.1) is 0 Å². The zero-order valence-corrected chi connectivity index (χ0v) is 16.6. The summed E-state index contributed by atoms with van der Waals surface area (Å²) in [6.07, 6.45) is 0.221. The second-order valence-electron chi connectivity index (χ2n) is 6.48. The Morgan fingerprint density at radius 2 is 1.79 bits per heavy atom. The van der Waals surface area contributed by atoms with E-state index < -0.39 is 0 Å². The maximum atomic E-state index is 12.4. The fraction of sp³-hybridized carbons (Fsp3) is 0.333. The van der Waals surface area contributed by atoms with Gasteiger partial charge < -0.3 is 29.2 Å². The molecule has 1 saturated heterocycles. The number of rotatable bonds is 8. The smallest absolute Gasteiger partial charge is 0.258 e. The number of ether oxygens (including phenoxy) is 4. The summed E-state index contributed by atoms with van der Waals surface area (Å²) in [5.74, 6) is 1.94. The number of benzene rings is 2. The molecule has 1 aliphatic rings. The summed E-state index contributed by atoms with van der Waals surface area (Å²) >= 11 is 0. The van der Waals surface area contributed by atoms with Crippen molar-refractivity contribution in [3.05, 3.63) is 42.5 Å². The summed E-state index contributed by atoms with van der Waals surface area (Å²) in [5.41, 5.74) is 0.692. The second-order valence-corrected chi connectivity index (χ2v) is 6.48. The minimum Gasteiger partial charge on any atom is -0.497 e. The van der Waals surface area contributed by atoms with Crippen LogP contribution < -0.4 is 29.2 Å². The molecule has 29 heavy (non-hydrogen) atoms. The summed E-state index contributed by atoms with van der Waals surface area (Å²) in [6, 6.07) is 12.0. The van der Waals surface area contributed by atoms with Crippen LogP contribution >= 0.6 is 0 Å². The van der Waals surface area contributed by atoms with Crippen LogP contribution in [-0.4, -0.2) is 52.3 Å². The van der Waals surface area contributed by atoms with E-state index in [0.717, 1.165) is 0 Å². The predicted molar refractivity (Wildman–Crippen MR) is 107 cm³/mol. The third-order valence-corrected chi connectivity index (χ3v) is 4.58. The molecule has 1 fully saturated rings. The molecule has 0 radical (unpaired) electrons. The van der Waals surface area contributed by atoms with E-state index in [-0.39, 0.29) is 30.9 Å². The highest BCUT2D eigenvalue weighted by Crippen LogP contribution is 2.33. The Kier molecular flexibility index (Phi) is 6.43. The number of hydrogen-bond acceptors (Lipinski definition) is 6. The largest absolute Gasteiger partial charge is 0.497 e. The van der Waals surface area contributed by atoms with E-state index in [1.807, 2.05) is 0 Å². The van der Waals surface area contributed by atoms with E-state index in [2.05, 4.69) is 5.32 Å². The quantitative estimate of drug-likeness (QED) is 0.730. The van der Waals surface area contributed by atoms with Crippen LogP contribution in [0.5, 0.6) is 23.0 Å². The lowest BCUT2D eigenvalue weighted by Gasteiger charge is -2.19. The fourth-order valence-corrected chi connectivity index (χ4v) is 3.16. The van der Waals surface area contributed by atoms with Gasteiger partial charge in [-0.25, -0.2) is 0 Å². The molecule has 0 aromatic heterocycles. The Labute approximate surface area is 169 Å². The average Bonchev–Trinajstić information content (AvgIpc) is 3.11. The molecular weight excluding hydrogens is 376 g/mol. The van der Waals surface area contributed by atoms with Gasteiger partial charge in [0.2, 0.25) is 5.91 Å². The number of nitrogens with one attached hydrogen (secondary N) is 1. The van der Waals surface area contributed by atoms with Gasteiger partial charge in [0.15, 0.2) is 18.1 Å². The Hall–Kier alpha value is -3.42. The molecule has 0 spiro atoms. The van der Waals surface area contributed by atoms with Crippen molar-refractivity contribution in [2.75, 3.05) is 39.4 Å². The van der Waals surface area contributed by atoms with Crippen molar-refractivity contribution < 1.29 is 28.5 Å². The van der Waals surface area contributed by atoms with Gasteiger partial charge in [0.1, 0.15) is 11.5 Å². The van der Waals surface area contributed by atoms with Crippen molar-refractivity contribution in [3.63, 3.8) is 0 Å². The zero-order chi connectivity index (χ0) is 20.8. The van der Waals surface area contributed by atoms with Gasteiger partial charge in [-0.2, -0.15) is 0 Å². The highest BCUT2D eigenvalue weighted by molar-refractivity contribution is 5.97. The van der Waals surface area contributed by atoms with E-state index in [9.17, 15) is 9.59 Å². The number of anilines is 1. The van der Waals surface area contributed by atoms with Gasteiger partial charge >= 0.3 is 0 Å². The molecule has 3 rings (SSSR count). The van der Waals surface area contributed by atoms with E-state index in [0.29, 0.717) is 35.2 Å². The normalized spacial score (nSPS) is 15.8. The van der Waals surface area contributed by atoms with Crippen molar-refractivity contribution in [2.24, 2.45) is 0 Å². The van der Waals surface area contributed by atoms with Crippen LogP contribution in [0, 0.1) is 0 Å². The highest BCUT2D eigenvalue weighted by Gasteiger charge is 2.32. The molecule has 2 aromatic carbocycles. The lowest BCUT2D eigenvalue weighted by Crippen LogP contribution is -2.39. The number of methoxy groups -OCH3 is 3. The Morgan fingerprint density at radius 1 is 1.03 bits per heavy atom. The molecule has 1 heterocycles. The van der Waals surface area contributed by atoms with Gasteiger partial charge in [0, 0.05) is 30.8 Å². The van der Waals surface area contributed by atoms with Crippen LogP contribution in [0.25, 0.3) is 0 Å². The summed E-state index contributed by atoms with van der Waals surface area (Å²) in [7, 11) is 4.66. The molecule has 8 nitrogen and oxygen atoms in total. The third kappa shape index (κ3) is 4.90. The number of hydrogen-bond donors (Lipinski definition) is 1. The first-order valence-corrected chi connectivity index (χ1v) is 9.12. The molecular formula is C21H24N2O6. The minimum absolute atomic E-state index is 0.0729. The van der Waals surface area contributed by atoms with Crippen molar-refractivity contribution >= 4 is 17.5 Å². The van der Waals surface area contributed by atoms with Gasteiger partial charge in [0.25, 0.3) is 5.91 Å². The minimum atomic E-state index is -0.294. The van der Waals surface area contributed by atoms with Crippen LogP contribution in [0.15, 0.2) is 42.5 Å². The molecule has 154 valence electrons. The summed E-state index contributed by atoms with van der Waals surface area (Å²) in [6.45, 7) is 0.230. The van der Waals surface area contributed by atoms with Crippen molar-refractivity contribution in [3.8, 4) is 23.0 Å². The maximum absolute atomic E-state index is 12.4. The number of amides is 2. The van der Waals surface area contributed by atoms with Crippen molar-refractivity contribution in [1.82, 2.24) is 5.32 Å². The van der Waals surface area contributed by atoms with Crippen LogP contribution in [0.3, 0.4) is 0 Å². The molecule has 2 aromatic rings. The molecule has 1 aliphatic heterocycles. The summed E-state index contributed by atoms with van der Waals surface area (Å²) in [4.78, 5) is 26.3. The van der Waals surface area contributed by atoms with Crippen LogP contribution in [-0.2, 0) is 9.59 Å². The van der Waals surface area contributed by atoms with Gasteiger partial charge in [-0.3, -0.25) is 9.59 Å². The van der Waals surface area contributed by atoms with Crippen molar-refractivity contribution in [1.29, 1.82) is 0 Å². The molecule has 0 unspecified atom stereocenters. The lowest BCUT2D eigenvalue weighted by atomic mass is 10.2. The van der Waals surface area contributed by atoms with Gasteiger partial charge in [-0.1, -0.05) is 6.07 Å². The van der Waals surface area contributed by atoms with Gasteiger partial charge in [0.05, 0.1) is 27.4 Å². The fourth-order valence-electron chi connectivity index (χ4n) is 3.16. The molecule has 0 aliphatic carbocycles. The summed E-state index contributed by atoms with van der Waals surface area (Å²) in [5, 5.41) is 2.85. The molecule has 1 N–H and O–H groups in total. The van der Waals surface area contributed by atoms with Gasteiger partial charge in [-0.05, 0) is 24.3 Å². The second kappa shape index (κ2) is 9.18. The summed E-state index contributed by atoms with van der Waals surface area (Å²) < 4.78 is 21.1. The van der Waals surface area contributed by atoms with Crippen molar-refractivity contribution in [2.45, 2.75) is 12.5 Å². The van der Waals surface area contributed by atoms with E-state index in [4.69, 9.17) is 18.9 Å². The average molecular weight is 400 g/mol. The lowest BCUT2D eigenvalue weighted by molar-refractivity contribution is -0.123. The third-order valence-electron chi connectivity index (χ3n) is 4.58. The Morgan fingerprint density at radius 3 is 2.52 bits per heavy atom. The standard InChI is InChI=1S/C21H24N2O6/c1-26-16-5-4-6-17(11-16)29-13-20(24)22-14-9-21(25)23(12-14)15-7-8-18(27-2)19(10-15)28-3/h4-8,10-11,14H,9,12-13H2,1-3H3,(H,22,24)/t14-/m0/s1. The number of nitrogens with zero attached hydrogens (tertiary/aromatic N) is 1. The SMILES string of the molecule is COc1cccc(OCC(=O)N[C@H]2CC(=O)N(c3ccc(OC)c(OC)c3)C2)c1. The molecule has 1 atom stereocenters. The van der Waals surface area contributed by atoms with E-state index in [1.54, 1.807) is 68.7 Å². The topological polar surface area (TPSA) is 86.3 Å². The maximum Gasteiger partial charge on any atom is 0.258 e. The Balaban J connectivity index is 1.56. The van der Waals surface area contributed by atoms with Crippen LogP contribution in [0.2, 0.25) is 0 Å². The van der Waals surface area contributed by atoms with E-state index in [1.165, 1.54) is 0 Å². The zero-order valence-electron chi connectivity index (χ0n) is 16.6. The number of carbonyl (C=O) groups excluding carboxylic acids is 2. The first-order chi connectivity index (χ1) is 14.0. The Bertz CT molecular complexity index is 885. The first kappa shape index (κ1) is 20.3. The number of carbonyl (C=O) groups is 2.